The summed E-state index contributed by atoms with van der Waals surface area (Å²) in [5.41, 5.74) is 0.237. The third kappa shape index (κ3) is 5.38. The molecular weight excluding hydrogens is 449 g/mol. The van der Waals surface area contributed by atoms with Crippen LogP contribution in [0.5, 0.6) is 5.75 Å². The molecule has 0 spiro atoms. The number of ether oxygens (including phenoxy) is 1. The first-order chi connectivity index (χ1) is 14.3. The molecule has 30 heavy (non-hydrogen) atoms. The Bertz CT molecular complexity index is 1120. The molecule has 9 heteroatoms. The molecule has 2 aromatic carbocycles. The number of hydrogen-bond acceptors (Lipinski definition) is 5. The van der Waals surface area contributed by atoms with Gasteiger partial charge in [0, 0.05) is 16.4 Å². The largest absolute Gasteiger partial charge is 0.484 e. The van der Waals surface area contributed by atoms with Gasteiger partial charge in [0.05, 0.1) is 4.90 Å². The number of thiophene rings is 1. The van der Waals surface area contributed by atoms with Gasteiger partial charge in [0.25, 0.3) is 5.91 Å². The first-order valence-corrected chi connectivity index (χ1v) is 11.8. The van der Waals surface area contributed by atoms with Crippen molar-refractivity contribution >= 4 is 38.7 Å². The highest BCUT2D eigenvalue weighted by Crippen LogP contribution is 2.32. The lowest BCUT2D eigenvalue weighted by molar-refractivity contribution is -0.123. The Kier molecular flexibility index (Phi) is 7.12. The van der Waals surface area contributed by atoms with E-state index in [2.05, 4.69) is 5.32 Å². The predicted octanol–water partition coefficient (Wildman–Crippen LogP) is 4.56. The number of hydrogen-bond donors (Lipinski definition) is 1. The fraction of sp³-hybridized carbons (Fsp3) is 0.190. The maximum absolute atomic E-state index is 13.6. The van der Waals surface area contributed by atoms with E-state index in [0.717, 1.165) is 6.07 Å². The minimum Gasteiger partial charge on any atom is -0.484 e. The smallest absolute Gasteiger partial charge is 0.257 e. The molecule has 1 amide bonds. The molecule has 3 aromatic rings. The van der Waals surface area contributed by atoms with Gasteiger partial charge in [-0.15, -0.1) is 11.3 Å². The van der Waals surface area contributed by atoms with Gasteiger partial charge in [-0.3, -0.25) is 4.79 Å². The number of carbonyl (C=O) groups excluding carboxylic acids is 1. The lowest BCUT2D eigenvalue weighted by Crippen LogP contribution is -2.34. The van der Waals surface area contributed by atoms with E-state index >= 15 is 0 Å². The van der Waals surface area contributed by atoms with E-state index in [0.29, 0.717) is 15.6 Å². The lowest BCUT2D eigenvalue weighted by atomic mass is 10.2. The van der Waals surface area contributed by atoms with E-state index in [1.54, 1.807) is 41.8 Å². The van der Waals surface area contributed by atoms with Gasteiger partial charge >= 0.3 is 0 Å². The van der Waals surface area contributed by atoms with Gasteiger partial charge in [-0.2, -0.15) is 0 Å². The first-order valence-electron chi connectivity index (χ1n) is 8.96. The summed E-state index contributed by atoms with van der Waals surface area (Å²) in [6.07, 6.45) is 0. The zero-order valence-corrected chi connectivity index (χ0v) is 18.4. The average Bonchev–Trinajstić information content (AvgIpc) is 3.24. The summed E-state index contributed by atoms with van der Waals surface area (Å²) < 4.78 is 45.4. The highest BCUT2D eigenvalue weighted by molar-refractivity contribution is 7.91. The molecule has 0 aliphatic carbocycles. The van der Waals surface area contributed by atoms with Crippen molar-refractivity contribution in [1.29, 1.82) is 0 Å². The zero-order chi connectivity index (χ0) is 21.7. The molecule has 5 nitrogen and oxygen atoms in total. The van der Waals surface area contributed by atoms with Crippen molar-refractivity contribution in [3.8, 4) is 5.75 Å². The van der Waals surface area contributed by atoms with Crippen molar-refractivity contribution in [2.75, 3.05) is 13.2 Å². The molecule has 1 N–H and O–H groups in total. The topological polar surface area (TPSA) is 72.5 Å². The van der Waals surface area contributed by atoms with E-state index in [1.165, 1.54) is 30.4 Å². The lowest BCUT2D eigenvalue weighted by Gasteiger charge is -2.18. The second-order valence-electron chi connectivity index (χ2n) is 6.51. The fourth-order valence-electron chi connectivity index (χ4n) is 2.73. The van der Waals surface area contributed by atoms with Crippen LogP contribution in [-0.4, -0.2) is 27.5 Å². The van der Waals surface area contributed by atoms with Crippen molar-refractivity contribution in [2.45, 2.75) is 17.1 Å². The van der Waals surface area contributed by atoms with Crippen LogP contribution >= 0.6 is 22.9 Å². The Morgan fingerprint density at radius 3 is 2.57 bits per heavy atom. The summed E-state index contributed by atoms with van der Waals surface area (Å²) >= 11 is 7.08. The molecule has 0 saturated carbocycles. The first kappa shape index (κ1) is 22.3. The summed E-state index contributed by atoms with van der Waals surface area (Å²) in [5, 5.41) is 3.93. The van der Waals surface area contributed by atoms with E-state index < -0.39 is 26.8 Å². The number of amides is 1. The number of halogens is 2. The average molecular weight is 468 g/mol. The van der Waals surface area contributed by atoms with Crippen LogP contribution in [0.1, 0.15) is 15.7 Å². The van der Waals surface area contributed by atoms with Gasteiger partial charge in [-0.1, -0.05) is 17.7 Å². The second-order valence-corrected chi connectivity index (χ2v) is 10.1. The maximum Gasteiger partial charge on any atom is 0.257 e. The molecule has 0 bridgehead atoms. The van der Waals surface area contributed by atoms with Gasteiger partial charge in [0.1, 0.15) is 16.8 Å². The molecule has 0 aliphatic rings. The number of benzene rings is 2. The Hall–Kier alpha value is -2.42. The molecule has 1 atom stereocenters. The van der Waals surface area contributed by atoms with Crippen LogP contribution < -0.4 is 10.1 Å². The van der Waals surface area contributed by atoms with E-state index in [9.17, 15) is 17.6 Å². The molecule has 158 valence electrons. The SMILES string of the molecule is Cc1cc(S(=O)(=O)C(CNC(=O)COc2ccc(Cl)cc2)c2cccs2)ccc1F. The number of rotatable bonds is 8. The van der Waals surface area contributed by atoms with Crippen molar-refractivity contribution in [2.24, 2.45) is 0 Å². The third-order valence-corrected chi connectivity index (χ3v) is 7.83. The predicted molar refractivity (Wildman–Crippen MR) is 115 cm³/mol. The summed E-state index contributed by atoms with van der Waals surface area (Å²) in [7, 11) is -3.86. The van der Waals surface area contributed by atoms with Crippen LogP contribution in [-0.2, 0) is 14.6 Å². The van der Waals surface area contributed by atoms with Gasteiger partial charge < -0.3 is 10.1 Å². The van der Waals surface area contributed by atoms with Crippen molar-refractivity contribution in [3.05, 3.63) is 81.3 Å². The van der Waals surface area contributed by atoms with E-state index in [4.69, 9.17) is 16.3 Å². The quantitative estimate of drug-likeness (QED) is 0.493. The van der Waals surface area contributed by atoms with Crippen LogP contribution in [0.15, 0.2) is 64.9 Å². The molecule has 1 aromatic heterocycles. The molecule has 1 unspecified atom stereocenters. The van der Waals surface area contributed by atoms with Crippen LogP contribution in [0.25, 0.3) is 0 Å². The van der Waals surface area contributed by atoms with Gasteiger partial charge in [0.15, 0.2) is 16.4 Å². The second kappa shape index (κ2) is 9.59. The van der Waals surface area contributed by atoms with Gasteiger partial charge in [0.2, 0.25) is 0 Å². The Labute approximate surface area is 183 Å². The standard InChI is InChI=1S/C21H19ClFNO4S2/c1-14-11-17(8-9-18(14)23)30(26,27)20(19-3-2-10-29-19)12-24-21(25)13-28-16-6-4-15(22)5-7-16/h2-11,20H,12-13H2,1H3,(H,24,25). The van der Waals surface area contributed by atoms with Crippen LogP contribution in [0, 0.1) is 12.7 Å². The summed E-state index contributed by atoms with van der Waals surface area (Å²) in [6.45, 7) is 1.10. The fourth-order valence-corrected chi connectivity index (χ4v) is 5.73. The van der Waals surface area contributed by atoms with Crippen molar-refractivity contribution < 1.29 is 22.3 Å². The molecule has 0 fully saturated rings. The third-order valence-electron chi connectivity index (χ3n) is 4.36. The summed E-state index contributed by atoms with van der Waals surface area (Å²) in [6, 6.07) is 13.6. The molecular formula is C21H19ClFNO4S2. The summed E-state index contributed by atoms with van der Waals surface area (Å²) in [5.74, 6) is -0.468. The Morgan fingerprint density at radius 2 is 1.93 bits per heavy atom. The van der Waals surface area contributed by atoms with Crippen molar-refractivity contribution in [1.82, 2.24) is 5.32 Å². The Morgan fingerprint density at radius 1 is 1.20 bits per heavy atom. The summed E-state index contributed by atoms with van der Waals surface area (Å²) in [4.78, 5) is 12.8. The monoisotopic (exact) mass is 467 g/mol. The van der Waals surface area contributed by atoms with Crippen LogP contribution in [0.3, 0.4) is 0 Å². The minimum absolute atomic E-state index is 0.00598. The van der Waals surface area contributed by atoms with E-state index in [1.807, 2.05) is 0 Å². The van der Waals surface area contributed by atoms with Gasteiger partial charge in [-0.05, 0) is 66.4 Å². The molecule has 0 saturated heterocycles. The van der Waals surface area contributed by atoms with Crippen molar-refractivity contribution in [3.63, 3.8) is 0 Å². The number of sulfone groups is 1. The highest BCUT2D eigenvalue weighted by atomic mass is 35.5. The maximum atomic E-state index is 13.6. The van der Waals surface area contributed by atoms with Crippen LogP contribution in [0.4, 0.5) is 4.39 Å². The Balaban J connectivity index is 1.72. The number of nitrogens with one attached hydrogen (secondary N) is 1. The van der Waals surface area contributed by atoms with Crippen LogP contribution in [0.2, 0.25) is 5.02 Å². The zero-order valence-electron chi connectivity index (χ0n) is 16.0. The molecule has 3 rings (SSSR count). The number of aryl methyl sites for hydroxylation is 1. The normalized spacial score (nSPS) is 12.4. The van der Waals surface area contributed by atoms with Gasteiger partial charge in [-0.25, -0.2) is 12.8 Å². The van der Waals surface area contributed by atoms with E-state index in [-0.39, 0.29) is 23.6 Å². The number of carbonyl (C=O) groups is 1. The molecule has 1 heterocycles. The highest BCUT2D eigenvalue weighted by Gasteiger charge is 2.31. The minimum atomic E-state index is -3.86. The molecule has 0 radical (unpaired) electrons. The molecule has 0 aliphatic heterocycles.